The fourth-order valence-corrected chi connectivity index (χ4v) is 4.99. The van der Waals surface area contributed by atoms with Crippen LogP contribution in [0.3, 0.4) is 0 Å². The number of aryl methyl sites for hydroxylation is 1. The summed E-state index contributed by atoms with van der Waals surface area (Å²) in [7, 11) is 0. The van der Waals surface area contributed by atoms with Crippen LogP contribution in [-0.4, -0.2) is 9.13 Å². The summed E-state index contributed by atoms with van der Waals surface area (Å²) in [6.45, 7) is 4.07. The van der Waals surface area contributed by atoms with Gasteiger partial charge in [0.1, 0.15) is 0 Å². The molecule has 2 nitrogen and oxygen atoms in total. The smallest absolute Gasteiger partial charge is 0.0494 e. The molecule has 0 radical (unpaired) electrons. The molecular weight excluding hydrogens is 352 g/mol. The third-order valence-electron chi connectivity index (χ3n) is 6.21. The Kier molecular flexibility index (Phi) is 3.54. The fraction of sp³-hybridized carbons (Fsp3) is 0.111. The summed E-state index contributed by atoms with van der Waals surface area (Å²) >= 11 is 0. The maximum absolute atomic E-state index is 2.47. The molecule has 4 aromatic carbocycles. The molecule has 6 aromatic rings. The van der Waals surface area contributed by atoms with Crippen molar-refractivity contribution in [2.24, 2.45) is 0 Å². The normalized spacial score (nSPS) is 11.9. The van der Waals surface area contributed by atoms with Crippen LogP contribution in [0.5, 0.6) is 0 Å². The van der Waals surface area contributed by atoms with Crippen molar-refractivity contribution in [3.05, 3.63) is 96.6 Å². The Morgan fingerprint density at radius 2 is 1.03 bits per heavy atom. The number of nitrogens with zero attached hydrogens (tertiary/aromatic N) is 2. The van der Waals surface area contributed by atoms with E-state index in [0.717, 1.165) is 13.1 Å². The van der Waals surface area contributed by atoms with Crippen LogP contribution in [-0.2, 0) is 13.1 Å². The van der Waals surface area contributed by atoms with Gasteiger partial charge in [0.05, 0.1) is 0 Å². The minimum atomic E-state index is 0.864. The lowest BCUT2D eigenvalue weighted by molar-refractivity contribution is 0.826. The van der Waals surface area contributed by atoms with E-state index in [-0.39, 0.29) is 0 Å². The third kappa shape index (κ3) is 2.29. The lowest BCUT2D eigenvalue weighted by atomic mass is 10.1. The van der Waals surface area contributed by atoms with Gasteiger partial charge in [-0.1, -0.05) is 66.7 Å². The van der Waals surface area contributed by atoms with E-state index in [1.807, 2.05) is 0 Å². The monoisotopic (exact) mass is 374 g/mol. The van der Waals surface area contributed by atoms with Crippen LogP contribution in [0.1, 0.15) is 12.5 Å². The molecule has 2 heteroatoms. The van der Waals surface area contributed by atoms with E-state index in [2.05, 4.69) is 107 Å². The average Bonchev–Trinajstić information content (AvgIpc) is 3.28. The van der Waals surface area contributed by atoms with Gasteiger partial charge in [-0.25, -0.2) is 0 Å². The Labute approximate surface area is 169 Å². The van der Waals surface area contributed by atoms with Gasteiger partial charge in [-0.3, -0.25) is 0 Å². The van der Waals surface area contributed by atoms with Gasteiger partial charge in [0.15, 0.2) is 0 Å². The second kappa shape index (κ2) is 6.25. The SMILES string of the molecule is CCn1c2ccccc2c2c(Cn3c4ccccc4c4ccccc43)cccc21. The number of aromatic nitrogens is 2. The Balaban J connectivity index is 1.67. The number of hydrogen-bond donors (Lipinski definition) is 0. The Hall–Kier alpha value is -3.52. The standard InChI is InChI=1S/C27H22N2/c1-2-28-25-16-8-5-13-22(25)27-19(10-9-17-26(27)28)18-29-23-14-6-3-11-20(23)21-12-4-7-15-24(21)29/h3-17H,2,18H2,1H3. The van der Waals surface area contributed by atoms with Crippen LogP contribution >= 0.6 is 0 Å². The highest BCUT2D eigenvalue weighted by atomic mass is 15.0. The first kappa shape index (κ1) is 16.4. The summed E-state index contributed by atoms with van der Waals surface area (Å²) in [6.07, 6.45) is 0. The Bertz CT molecular complexity index is 1460. The first-order valence-corrected chi connectivity index (χ1v) is 10.3. The first-order valence-electron chi connectivity index (χ1n) is 10.3. The van der Waals surface area contributed by atoms with Crippen LogP contribution in [0.4, 0.5) is 0 Å². The molecule has 140 valence electrons. The molecular formula is C27H22N2. The van der Waals surface area contributed by atoms with E-state index in [0.29, 0.717) is 0 Å². The highest BCUT2D eigenvalue weighted by molar-refractivity contribution is 6.11. The molecule has 0 amide bonds. The quantitative estimate of drug-likeness (QED) is 0.316. The minimum absolute atomic E-state index is 0.864. The van der Waals surface area contributed by atoms with Gasteiger partial charge < -0.3 is 9.13 Å². The number of hydrogen-bond acceptors (Lipinski definition) is 0. The first-order chi connectivity index (χ1) is 14.4. The van der Waals surface area contributed by atoms with E-state index in [9.17, 15) is 0 Å². The molecule has 0 fully saturated rings. The lowest BCUT2D eigenvalue weighted by Crippen LogP contribution is -2.00. The lowest BCUT2D eigenvalue weighted by Gasteiger charge is -2.10. The van der Waals surface area contributed by atoms with Gasteiger partial charge >= 0.3 is 0 Å². The Morgan fingerprint density at radius 3 is 1.66 bits per heavy atom. The summed E-state index contributed by atoms with van der Waals surface area (Å²) < 4.78 is 4.90. The fourth-order valence-electron chi connectivity index (χ4n) is 4.99. The van der Waals surface area contributed by atoms with Crippen LogP contribution in [0, 0.1) is 0 Å². The second-order valence-corrected chi connectivity index (χ2v) is 7.69. The minimum Gasteiger partial charge on any atom is -0.341 e. The van der Waals surface area contributed by atoms with Crippen LogP contribution < -0.4 is 0 Å². The molecule has 0 spiro atoms. The molecule has 0 aliphatic carbocycles. The second-order valence-electron chi connectivity index (χ2n) is 7.69. The van der Waals surface area contributed by atoms with E-state index in [1.54, 1.807) is 0 Å². The van der Waals surface area contributed by atoms with E-state index in [1.165, 1.54) is 49.2 Å². The number of fused-ring (bicyclic) bond motifs is 6. The summed E-state index contributed by atoms with van der Waals surface area (Å²) in [5.74, 6) is 0. The van der Waals surface area contributed by atoms with Gasteiger partial charge in [0.2, 0.25) is 0 Å². The van der Waals surface area contributed by atoms with E-state index >= 15 is 0 Å². The van der Waals surface area contributed by atoms with E-state index in [4.69, 9.17) is 0 Å². The summed E-state index contributed by atoms with van der Waals surface area (Å²) in [5, 5.41) is 5.38. The van der Waals surface area contributed by atoms with E-state index < -0.39 is 0 Å². The van der Waals surface area contributed by atoms with Crippen molar-refractivity contribution in [3.8, 4) is 0 Å². The van der Waals surface area contributed by atoms with Gasteiger partial charge in [0, 0.05) is 56.7 Å². The molecule has 6 rings (SSSR count). The number of rotatable bonds is 3. The Morgan fingerprint density at radius 1 is 0.517 bits per heavy atom. The van der Waals surface area contributed by atoms with Crippen molar-refractivity contribution in [3.63, 3.8) is 0 Å². The molecule has 0 saturated heterocycles. The molecule has 0 atom stereocenters. The zero-order valence-corrected chi connectivity index (χ0v) is 16.5. The predicted molar refractivity (Wildman–Crippen MR) is 124 cm³/mol. The molecule has 0 bridgehead atoms. The molecule has 0 N–H and O–H groups in total. The van der Waals surface area contributed by atoms with Crippen LogP contribution in [0.15, 0.2) is 91.0 Å². The zero-order chi connectivity index (χ0) is 19.4. The largest absolute Gasteiger partial charge is 0.341 e. The molecule has 0 aliphatic rings. The van der Waals surface area contributed by atoms with Crippen LogP contribution in [0.2, 0.25) is 0 Å². The zero-order valence-electron chi connectivity index (χ0n) is 16.5. The third-order valence-corrected chi connectivity index (χ3v) is 6.21. The average molecular weight is 374 g/mol. The topological polar surface area (TPSA) is 9.86 Å². The summed E-state index contributed by atoms with van der Waals surface area (Å²) in [6, 6.07) is 33.0. The van der Waals surface area contributed by atoms with Crippen molar-refractivity contribution in [2.45, 2.75) is 20.0 Å². The maximum atomic E-state index is 2.47. The summed E-state index contributed by atoms with van der Waals surface area (Å²) in [4.78, 5) is 0. The number of benzene rings is 4. The highest BCUT2D eigenvalue weighted by Gasteiger charge is 2.15. The molecule has 0 aliphatic heterocycles. The van der Waals surface area contributed by atoms with Gasteiger partial charge in [-0.2, -0.15) is 0 Å². The maximum Gasteiger partial charge on any atom is 0.0494 e. The summed E-state index contributed by atoms with van der Waals surface area (Å²) in [5.41, 5.74) is 6.61. The van der Waals surface area contributed by atoms with Gasteiger partial charge in [0.25, 0.3) is 0 Å². The highest BCUT2D eigenvalue weighted by Crippen LogP contribution is 2.34. The number of para-hydroxylation sites is 3. The van der Waals surface area contributed by atoms with Crippen molar-refractivity contribution in [2.75, 3.05) is 0 Å². The van der Waals surface area contributed by atoms with Crippen molar-refractivity contribution >= 4 is 43.6 Å². The van der Waals surface area contributed by atoms with Crippen molar-refractivity contribution in [1.29, 1.82) is 0 Å². The molecule has 0 unspecified atom stereocenters. The van der Waals surface area contributed by atoms with Crippen LogP contribution in [0.25, 0.3) is 43.6 Å². The molecule has 2 aromatic heterocycles. The predicted octanol–water partition coefficient (Wildman–Crippen LogP) is 6.97. The molecule has 0 saturated carbocycles. The van der Waals surface area contributed by atoms with Gasteiger partial charge in [-0.05, 0) is 36.8 Å². The van der Waals surface area contributed by atoms with Crippen molar-refractivity contribution in [1.82, 2.24) is 9.13 Å². The molecule has 29 heavy (non-hydrogen) atoms. The van der Waals surface area contributed by atoms with Gasteiger partial charge in [-0.15, -0.1) is 0 Å². The van der Waals surface area contributed by atoms with Crippen molar-refractivity contribution < 1.29 is 0 Å². The molecule has 2 heterocycles.